The number of amides is 7. The first-order valence-electron chi connectivity index (χ1n) is 20.3. The Kier molecular flexibility index (Phi) is 11.8. The van der Waals surface area contributed by atoms with Crippen molar-refractivity contribution in [3.8, 4) is 11.3 Å². The summed E-state index contributed by atoms with van der Waals surface area (Å²) in [4.78, 5) is 99.5. The number of aromatic nitrogens is 2. The fraction of sp³-hybridized carbons (Fsp3) is 0.381. The van der Waals surface area contributed by atoms with Crippen molar-refractivity contribution in [2.24, 2.45) is 5.41 Å². The molecule has 4 N–H and O–H groups in total. The molecule has 6 heterocycles. The van der Waals surface area contributed by atoms with Crippen molar-refractivity contribution >= 4 is 73.5 Å². The number of carbonyl (C=O) groups is 7. The van der Waals surface area contributed by atoms with Crippen LogP contribution >= 0.6 is 11.3 Å². The topological polar surface area (TPSA) is 229 Å². The second-order valence-electron chi connectivity index (χ2n) is 16.3. The van der Waals surface area contributed by atoms with E-state index in [-0.39, 0.29) is 47.3 Å². The second kappa shape index (κ2) is 17.3. The van der Waals surface area contributed by atoms with Crippen molar-refractivity contribution in [1.29, 1.82) is 0 Å². The van der Waals surface area contributed by atoms with Gasteiger partial charge in [-0.3, -0.25) is 47.8 Å². The molecule has 4 aliphatic heterocycles. The minimum atomic E-state index is -3.60. The van der Waals surface area contributed by atoms with Crippen LogP contribution in [0.5, 0.6) is 0 Å². The zero-order valence-corrected chi connectivity index (χ0v) is 35.4. The van der Waals surface area contributed by atoms with Gasteiger partial charge < -0.3 is 25.8 Å². The Morgan fingerprint density at radius 1 is 0.968 bits per heavy atom. The number of thiazole rings is 1. The lowest BCUT2D eigenvalue weighted by molar-refractivity contribution is -0.136. The van der Waals surface area contributed by atoms with Gasteiger partial charge in [-0.25, -0.2) is 13.4 Å². The van der Waals surface area contributed by atoms with E-state index in [4.69, 9.17) is 0 Å². The third-order valence-corrected chi connectivity index (χ3v) is 13.3. The molecule has 4 aromatic rings. The van der Waals surface area contributed by atoms with E-state index in [9.17, 15) is 42.0 Å². The monoisotopic (exact) mass is 883 g/mol. The summed E-state index contributed by atoms with van der Waals surface area (Å²) in [6.45, 7) is 4.15. The van der Waals surface area contributed by atoms with Crippen molar-refractivity contribution in [2.75, 3.05) is 55.7 Å². The van der Waals surface area contributed by atoms with Crippen LogP contribution in [-0.4, -0.2) is 126 Å². The number of imide groups is 2. The van der Waals surface area contributed by atoms with Gasteiger partial charge in [0.25, 0.3) is 17.7 Å². The van der Waals surface area contributed by atoms with Crippen LogP contribution in [0.1, 0.15) is 69.6 Å². The number of hydrogen-bond acceptors (Lipinski definition) is 13. The quantitative estimate of drug-likeness (QED) is 0.0937. The van der Waals surface area contributed by atoms with Gasteiger partial charge in [0.05, 0.1) is 28.6 Å². The molecule has 1 spiro atoms. The summed E-state index contributed by atoms with van der Waals surface area (Å²) in [5, 5.41) is 12.9. The van der Waals surface area contributed by atoms with Gasteiger partial charge in [-0.2, -0.15) is 0 Å². The number of carbonyl (C=O) groups excluding carboxylic acids is 7. The number of fused-ring (bicyclic) bond motifs is 1. The number of likely N-dealkylation sites (tertiary alicyclic amines) is 1. The highest BCUT2D eigenvalue weighted by atomic mass is 32.2. The van der Waals surface area contributed by atoms with Crippen LogP contribution in [0.3, 0.4) is 0 Å². The van der Waals surface area contributed by atoms with Gasteiger partial charge in [0.2, 0.25) is 33.7 Å². The van der Waals surface area contributed by atoms with Crippen LogP contribution in [0.15, 0.2) is 72.4 Å². The first kappa shape index (κ1) is 42.4. The summed E-state index contributed by atoms with van der Waals surface area (Å²) in [7, 11) is -3.60. The van der Waals surface area contributed by atoms with Crippen LogP contribution in [0.2, 0.25) is 0 Å². The molecule has 62 heavy (non-hydrogen) atoms. The van der Waals surface area contributed by atoms with E-state index in [2.05, 4.69) is 36.1 Å². The summed E-state index contributed by atoms with van der Waals surface area (Å²) in [5.74, 6) is -3.31. The van der Waals surface area contributed by atoms with Crippen molar-refractivity contribution in [2.45, 2.75) is 50.6 Å². The summed E-state index contributed by atoms with van der Waals surface area (Å²) < 4.78 is 24.8. The number of nitrogens with zero attached hydrogens (tertiary/aromatic N) is 5. The Labute approximate surface area is 361 Å². The molecule has 2 atom stereocenters. The summed E-state index contributed by atoms with van der Waals surface area (Å²) in [5.41, 5.74) is 3.06. The predicted molar refractivity (Wildman–Crippen MR) is 228 cm³/mol. The standard InChI is InChI=1S/C42H45N9O9S2/c1-62(59,60)50-18-14-27(20-50)36(54)44-31(37(55)47-41-45-32(21-61-41)26-7-3-2-4-8-26)9-5-6-16-43-34(52)15-17-48-22-42(23-48)24-49(25-42)28-10-11-29-30(19-28)40(58)51(39(29)57)33-12-13-35(53)46-38(33)56/h2-4,7-8,10-11,14,18-21,31,33H,5-6,9,12-13,15-17,22-25H2,1H3,(H,43,52)(H,44,54)(H,45,47,55)(H,46,53,56)/t31-,33?/m0/s1. The fourth-order valence-electron chi connectivity index (χ4n) is 8.40. The van der Waals surface area contributed by atoms with Crippen LogP contribution in [0.4, 0.5) is 10.8 Å². The molecule has 3 saturated heterocycles. The van der Waals surface area contributed by atoms with Crippen LogP contribution < -0.4 is 26.2 Å². The first-order valence-corrected chi connectivity index (χ1v) is 23.0. The third kappa shape index (κ3) is 9.02. The van der Waals surface area contributed by atoms with E-state index < -0.39 is 57.6 Å². The van der Waals surface area contributed by atoms with Crippen LogP contribution in [0.25, 0.3) is 11.3 Å². The highest BCUT2D eigenvalue weighted by Crippen LogP contribution is 2.43. The Morgan fingerprint density at radius 2 is 1.73 bits per heavy atom. The van der Waals surface area contributed by atoms with E-state index in [1.807, 2.05) is 41.8 Å². The molecule has 0 radical (unpaired) electrons. The van der Waals surface area contributed by atoms with Gasteiger partial charge in [0.1, 0.15) is 12.1 Å². The molecule has 324 valence electrons. The van der Waals surface area contributed by atoms with Crippen LogP contribution in [0, 0.1) is 5.41 Å². The number of unbranched alkanes of at least 4 members (excludes halogenated alkanes) is 1. The summed E-state index contributed by atoms with van der Waals surface area (Å²) in [6.07, 6.45) is 5.24. The van der Waals surface area contributed by atoms with Gasteiger partial charge in [0.15, 0.2) is 5.13 Å². The Morgan fingerprint density at radius 3 is 2.45 bits per heavy atom. The van der Waals surface area contributed by atoms with E-state index in [1.165, 1.54) is 29.8 Å². The van der Waals surface area contributed by atoms with Gasteiger partial charge in [-0.05, 0) is 49.9 Å². The highest BCUT2D eigenvalue weighted by molar-refractivity contribution is 7.89. The zero-order valence-electron chi connectivity index (χ0n) is 33.8. The number of hydrogen-bond donors (Lipinski definition) is 4. The van der Waals surface area contributed by atoms with Gasteiger partial charge in [-0.15, -0.1) is 11.3 Å². The number of anilines is 2. The smallest absolute Gasteiger partial charge is 0.262 e. The van der Waals surface area contributed by atoms with E-state index >= 15 is 0 Å². The van der Waals surface area contributed by atoms with E-state index in [0.29, 0.717) is 43.2 Å². The molecule has 2 aromatic heterocycles. The molecule has 1 unspecified atom stereocenters. The zero-order chi connectivity index (χ0) is 43.8. The number of rotatable bonds is 16. The Balaban J connectivity index is 0.764. The van der Waals surface area contributed by atoms with Crippen molar-refractivity contribution < 1.29 is 42.0 Å². The molecule has 0 saturated carbocycles. The lowest BCUT2D eigenvalue weighted by Gasteiger charge is -2.61. The first-order chi connectivity index (χ1) is 29.7. The molecule has 4 aliphatic rings. The van der Waals surface area contributed by atoms with Gasteiger partial charge in [-0.1, -0.05) is 30.3 Å². The lowest BCUT2D eigenvalue weighted by Crippen LogP contribution is -2.72. The lowest BCUT2D eigenvalue weighted by atomic mass is 9.72. The number of nitrogens with one attached hydrogen (secondary N) is 4. The molecular weight excluding hydrogens is 839 g/mol. The maximum absolute atomic E-state index is 13.5. The molecule has 7 amide bonds. The Hall–Kier alpha value is -6.25. The normalized spacial score (nSPS) is 18.8. The molecule has 18 nitrogen and oxygen atoms in total. The van der Waals surface area contributed by atoms with Crippen LogP contribution in [-0.2, 0) is 29.2 Å². The van der Waals surface area contributed by atoms with Gasteiger partial charge in [0, 0.05) is 86.5 Å². The Bertz CT molecular complexity index is 2560. The SMILES string of the molecule is CS(=O)(=O)n1ccc(C(=O)N[C@@H](CCCCNC(=O)CCN2CC3(C2)CN(c2ccc4c(c2)C(=O)N(C2CCC(=O)NC2=O)C4=O)C3)C(=O)Nc2nc(-c3ccccc3)cs2)c1. The summed E-state index contributed by atoms with van der Waals surface area (Å²) in [6, 6.07) is 14.0. The van der Waals surface area contributed by atoms with Crippen molar-refractivity contribution in [3.63, 3.8) is 0 Å². The average Bonchev–Trinajstić information content (AvgIpc) is 3.96. The maximum Gasteiger partial charge on any atom is 0.262 e. The molecular formula is C42H45N9O9S2. The molecule has 0 bridgehead atoms. The average molecular weight is 884 g/mol. The molecule has 3 fully saturated rings. The number of benzene rings is 2. The largest absolute Gasteiger partial charge is 0.370 e. The van der Waals surface area contributed by atoms with Crippen molar-refractivity contribution in [3.05, 3.63) is 89.1 Å². The van der Waals surface area contributed by atoms with Gasteiger partial charge >= 0.3 is 0 Å². The number of piperidine rings is 1. The summed E-state index contributed by atoms with van der Waals surface area (Å²) >= 11 is 1.25. The minimum Gasteiger partial charge on any atom is -0.370 e. The van der Waals surface area contributed by atoms with Crippen molar-refractivity contribution in [1.82, 2.24) is 34.7 Å². The predicted octanol–water partition coefficient (Wildman–Crippen LogP) is 2.06. The minimum absolute atomic E-state index is 0.0586. The second-order valence-corrected chi connectivity index (χ2v) is 19.0. The molecule has 2 aromatic carbocycles. The van der Waals surface area contributed by atoms with E-state index in [1.54, 1.807) is 12.1 Å². The highest BCUT2D eigenvalue weighted by Gasteiger charge is 2.52. The fourth-order valence-corrected chi connectivity index (χ4v) is 9.71. The molecule has 8 rings (SSSR count). The molecule has 20 heteroatoms. The third-order valence-electron chi connectivity index (χ3n) is 11.6. The van der Waals surface area contributed by atoms with E-state index in [0.717, 1.165) is 52.6 Å². The molecule has 0 aliphatic carbocycles. The maximum atomic E-state index is 13.5.